The SMILES string of the molecule is O=C1N=CC=CC1c1noc(CNS(=O)(=O)c2cccs2)n1. The van der Waals surface area contributed by atoms with Crippen LogP contribution in [0.4, 0.5) is 0 Å². The van der Waals surface area contributed by atoms with Crippen LogP contribution in [-0.4, -0.2) is 30.7 Å². The summed E-state index contributed by atoms with van der Waals surface area (Å²) in [5.74, 6) is -0.861. The summed E-state index contributed by atoms with van der Waals surface area (Å²) in [5.41, 5.74) is 0. The molecule has 10 heteroatoms. The Morgan fingerprint density at radius 2 is 2.27 bits per heavy atom. The number of aliphatic imine (C=N–C) groups is 1. The van der Waals surface area contributed by atoms with Crippen molar-refractivity contribution in [2.45, 2.75) is 16.7 Å². The van der Waals surface area contributed by atoms with Gasteiger partial charge in [-0.15, -0.1) is 11.3 Å². The highest BCUT2D eigenvalue weighted by molar-refractivity contribution is 7.91. The standard InChI is InChI=1S/C12H10N4O4S2/c17-12-8(3-1-5-13-12)11-15-9(20-16-11)7-14-22(18,19)10-4-2-6-21-10/h1-6,8,14H,7H2. The molecule has 3 rings (SSSR count). The molecule has 0 radical (unpaired) electrons. The molecule has 1 aliphatic rings. The van der Waals surface area contributed by atoms with Crippen LogP contribution in [0.1, 0.15) is 17.6 Å². The summed E-state index contributed by atoms with van der Waals surface area (Å²) in [6.45, 7) is -0.152. The normalized spacial score (nSPS) is 18.0. The molecule has 3 heterocycles. The first-order valence-corrected chi connectivity index (χ1v) is 8.53. The third kappa shape index (κ3) is 3.03. The molecule has 1 aliphatic heterocycles. The van der Waals surface area contributed by atoms with Crippen LogP contribution in [-0.2, 0) is 21.4 Å². The Morgan fingerprint density at radius 3 is 3.00 bits per heavy atom. The number of sulfonamides is 1. The summed E-state index contributed by atoms with van der Waals surface area (Å²) in [5, 5.41) is 5.36. The maximum absolute atomic E-state index is 12.0. The lowest BCUT2D eigenvalue weighted by atomic mass is 10.1. The number of thiophene rings is 1. The van der Waals surface area contributed by atoms with E-state index in [9.17, 15) is 13.2 Å². The van der Waals surface area contributed by atoms with Gasteiger partial charge in [-0.25, -0.2) is 18.1 Å². The van der Waals surface area contributed by atoms with Gasteiger partial charge < -0.3 is 4.52 Å². The lowest BCUT2D eigenvalue weighted by molar-refractivity contribution is -0.118. The minimum absolute atomic E-state index is 0.0749. The maximum atomic E-state index is 12.0. The van der Waals surface area contributed by atoms with Crippen molar-refractivity contribution in [3.8, 4) is 0 Å². The number of nitrogens with one attached hydrogen (secondary N) is 1. The van der Waals surface area contributed by atoms with Gasteiger partial charge in [-0.1, -0.05) is 17.3 Å². The fourth-order valence-corrected chi connectivity index (χ4v) is 3.76. The Balaban J connectivity index is 1.69. The second kappa shape index (κ2) is 5.91. The van der Waals surface area contributed by atoms with Crippen molar-refractivity contribution in [1.29, 1.82) is 0 Å². The van der Waals surface area contributed by atoms with Gasteiger partial charge in [0.25, 0.3) is 15.9 Å². The first-order valence-electron chi connectivity index (χ1n) is 6.16. The van der Waals surface area contributed by atoms with E-state index in [1.165, 1.54) is 12.3 Å². The van der Waals surface area contributed by atoms with Crippen molar-refractivity contribution >= 4 is 33.5 Å². The monoisotopic (exact) mass is 338 g/mol. The van der Waals surface area contributed by atoms with Crippen molar-refractivity contribution < 1.29 is 17.7 Å². The second-order valence-corrected chi connectivity index (χ2v) is 7.22. The number of nitrogens with zero attached hydrogens (tertiary/aromatic N) is 3. The van der Waals surface area contributed by atoms with E-state index in [2.05, 4.69) is 19.9 Å². The Labute approximate surface area is 129 Å². The van der Waals surface area contributed by atoms with E-state index in [0.717, 1.165) is 11.3 Å². The molecule has 0 saturated heterocycles. The fraction of sp³-hybridized carbons (Fsp3) is 0.167. The number of hydrogen-bond acceptors (Lipinski definition) is 7. The number of dihydropyridines is 1. The summed E-state index contributed by atoms with van der Waals surface area (Å²) in [6.07, 6.45) is 4.59. The van der Waals surface area contributed by atoms with Crippen LogP contribution in [0.15, 0.2) is 43.4 Å². The molecule has 0 saturated carbocycles. The number of carbonyl (C=O) groups is 1. The van der Waals surface area contributed by atoms with Crippen molar-refractivity contribution in [3.05, 3.63) is 41.4 Å². The van der Waals surface area contributed by atoms with Crippen molar-refractivity contribution in [1.82, 2.24) is 14.9 Å². The van der Waals surface area contributed by atoms with Crippen LogP contribution in [0.25, 0.3) is 0 Å². The van der Waals surface area contributed by atoms with Gasteiger partial charge in [-0.05, 0) is 17.5 Å². The number of carbonyl (C=O) groups excluding carboxylic acids is 1. The zero-order valence-corrected chi connectivity index (χ0v) is 12.7. The zero-order valence-electron chi connectivity index (χ0n) is 11.0. The molecule has 0 aromatic carbocycles. The van der Waals surface area contributed by atoms with Crippen molar-refractivity contribution in [2.24, 2.45) is 4.99 Å². The third-order valence-electron chi connectivity index (χ3n) is 2.79. The number of amides is 1. The number of hydrogen-bond donors (Lipinski definition) is 1. The molecule has 2 aromatic rings. The molecule has 1 amide bonds. The molecule has 8 nitrogen and oxygen atoms in total. The van der Waals surface area contributed by atoms with E-state index in [1.54, 1.807) is 23.6 Å². The molecule has 0 spiro atoms. The molecule has 1 atom stereocenters. The quantitative estimate of drug-likeness (QED) is 0.865. The zero-order chi connectivity index (χ0) is 15.6. The maximum Gasteiger partial charge on any atom is 0.260 e. The summed E-state index contributed by atoms with van der Waals surface area (Å²) in [6, 6.07) is 3.14. The highest BCUT2D eigenvalue weighted by Crippen LogP contribution is 2.19. The summed E-state index contributed by atoms with van der Waals surface area (Å²) in [7, 11) is -3.61. The molecular formula is C12H10N4O4S2. The van der Waals surface area contributed by atoms with Crippen LogP contribution in [0.5, 0.6) is 0 Å². The van der Waals surface area contributed by atoms with E-state index in [0.29, 0.717) is 0 Å². The molecule has 0 aliphatic carbocycles. The van der Waals surface area contributed by atoms with Crippen LogP contribution in [0.2, 0.25) is 0 Å². The van der Waals surface area contributed by atoms with Gasteiger partial charge in [0, 0.05) is 6.21 Å². The lowest BCUT2D eigenvalue weighted by Gasteiger charge is -2.04. The molecule has 2 aromatic heterocycles. The minimum Gasteiger partial charge on any atom is -0.338 e. The van der Waals surface area contributed by atoms with Gasteiger partial charge in [0.15, 0.2) is 5.82 Å². The number of rotatable bonds is 5. The molecular weight excluding hydrogens is 328 g/mol. The predicted octanol–water partition coefficient (Wildman–Crippen LogP) is 0.860. The first-order chi connectivity index (χ1) is 10.6. The topological polar surface area (TPSA) is 115 Å². The van der Waals surface area contributed by atoms with E-state index < -0.39 is 21.8 Å². The van der Waals surface area contributed by atoms with Gasteiger partial charge in [0.05, 0.1) is 6.54 Å². The first kappa shape index (κ1) is 14.8. The lowest BCUT2D eigenvalue weighted by Crippen LogP contribution is -2.22. The van der Waals surface area contributed by atoms with E-state index in [4.69, 9.17) is 4.52 Å². The van der Waals surface area contributed by atoms with Gasteiger partial charge in [0.1, 0.15) is 10.1 Å². The average molecular weight is 338 g/mol. The summed E-state index contributed by atoms with van der Waals surface area (Å²) >= 11 is 1.11. The van der Waals surface area contributed by atoms with Crippen LogP contribution >= 0.6 is 11.3 Å². The molecule has 1 unspecified atom stereocenters. The number of aromatic nitrogens is 2. The second-order valence-electron chi connectivity index (χ2n) is 4.28. The van der Waals surface area contributed by atoms with E-state index in [1.807, 2.05) is 0 Å². The van der Waals surface area contributed by atoms with Crippen molar-refractivity contribution in [3.63, 3.8) is 0 Å². The number of allylic oxidation sites excluding steroid dienone is 1. The molecule has 0 fully saturated rings. The fourth-order valence-electron chi connectivity index (χ4n) is 1.75. The smallest absolute Gasteiger partial charge is 0.260 e. The van der Waals surface area contributed by atoms with E-state index in [-0.39, 0.29) is 22.5 Å². The van der Waals surface area contributed by atoms with Crippen LogP contribution < -0.4 is 4.72 Å². The van der Waals surface area contributed by atoms with Gasteiger partial charge in [-0.3, -0.25) is 4.79 Å². The highest BCUT2D eigenvalue weighted by Gasteiger charge is 2.25. The van der Waals surface area contributed by atoms with Gasteiger partial charge >= 0.3 is 0 Å². The average Bonchev–Trinajstić information content (AvgIpc) is 3.18. The largest absolute Gasteiger partial charge is 0.338 e. The minimum atomic E-state index is -3.61. The third-order valence-corrected chi connectivity index (χ3v) is 5.59. The Hall–Kier alpha value is -2.17. The summed E-state index contributed by atoms with van der Waals surface area (Å²) < 4.78 is 31.4. The van der Waals surface area contributed by atoms with Gasteiger partial charge in [0.2, 0.25) is 5.89 Å². The van der Waals surface area contributed by atoms with Crippen molar-refractivity contribution in [2.75, 3.05) is 0 Å². The molecule has 0 bridgehead atoms. The molecule has 114 valence electrons. The Bertz CT molecular complexity index is 836. The highest BCUT2D eigenvalue weighted by atomic mass is 32.2. The predicted molar refractivity (Wildman–Crippen MR) is 78.0 cm³/mol. The molecule has 1 N–H and O–H groups in total. The Kier molecular flexibility index (Phi) is 3.96. The van der Waals surface area contributed by atoms with Crippen LogP contribution in [0, 0.1) is 0 Å². The van der Waals surface area contributed by atoms with Crippen LogP contribution in [0.3, 0.4) is 0 Å². The molecule has 22 heavy (non-hydrogen) atoms. The van der Waals surface area contributed by atoms with E-state index >= 15 is 0 Å². The summed E-state index contributed by atoms with van der Waals surface area (Å²) in [4.78, 5) is 19.3. The Morgan fingerprint density at radius 1 is 1.41 bits per heavy atom. The van der Waals surface area contributed by atoms with Gasteiger partial charge in [-0.2, -0.15) is 4.98 Å².